The van der Waals surface area contributed by atoms with Crippen LogP contribution in [0.4, 0.5) is 0 Å². The molecule has 0 aliphatic heterocycles. The van der Waals surface area contributed by atoms with Crippen LogP contribution < -0.4 is 49.1 Å². The molecule has 8 atom stereocenters. The Balaban J connectivity index is 1.95. The van der Waals surface area contributed by atoms with E-state index in [4.69, 9.17) is 17.2 Å². The topological polar surface area (TPSA) is 368 Å². The van der Waals surface area contributed by atoms with Crippen LogP contribution in [-0.2, 0) is 57.6 Å². The number of hydrogen-bond acceptors (Lipinski definition) is 13. The number of aromatic hydroxyl groups is 2. The molecule has 0 aliphatic carbocycles. The van der Waals surface area contributed by atoms with E-state index in [2.05, 4.69) is 31.9 Å². The Kier molecular flexibility index (Phi) is 24.3. The number of phenolic OH excluding ortho intramolecular Hbond substituents is 2. The summed E-state index contributed by atoms with van der Waals surface area (Å²) in [5.74, 6) is -8.65. The van der Waals surface area contributed by atoms with Crippen molar-refractivity contribution in [2.45, 2.75) is 127 Å². The number of carboxylic acids is 2. The van der Waals surface area contributed by atoms with Gasteiger partial charge in [0, 0.05) is 19.3 Å². The van der Waals surface area contributed by atoms with E-state index in [-0.39, 0.29) is 43.7 Å². The van der Waals surface area contributed by atoms with Crippen LogP contribution in [0.25, 0.3) is 0 Å². The Hall–Kier alpha value is -7.10. The molecule has 0 saturated heterocycles. The van der Waals surface area contributed by atoms with Gasteiger partial charge in [-0.1, -0.05) is 81.3 Å². The molecular formula is C49H69N9O12. The highest BCUT2D eigenvalue weighted by molar-refractivity contribution is 5.98. The van der Waals surface area contributed by atoms with Crippen molar-refractivity contribution in [1.82, 2.24) is 31.9 Å². The van der Waals surface area contributed by atoms with Crippen LogP contribution in [0.2, 0.25) is 0 Å². The summed E-state index contributed by atoms with van der Waals surface area (Å²) in [4.78, 5) is 108. The van der Waals surface area contributed by atoms with E-state index in [1.165, 1.54) is 48.5 Å². The smallest absolute Gasteiger partial charge is 0.326 e. The molecule has 382 valence electrons. The summed E-state index contributed by atoms with van der Waals surface area (Å²) in [5.41, 5.74) is 19.0. The van der Waals surface area contributed by atoms with Crippen molar-refractivity contribution in [1.29, 1.82) is 0 Å². The first-order chi connectivity index (χ1) is 33.3. The second kappa shape index (κ2) is 29.7. The van der Waals surface area contributed by atoms with E-state index in [1.807, 2.05) is 6.92 Å². The fourth-order valence-corrected chi connectivity index (χ4v) is 7.30. The number of benzene rings is 3. The second-order valence-electron chi connectivity index (χ2n) is 17.2. The minimum atomic E-state index is -1.84. The van der Waals surface area contributed by atoms with Gasteiger partial charge in [0.05, 0.1) is 12.5 Å². The van der Waals surface area contributed by atoms with Crippen LogP contribution in [0, 0.1) is 5.92 Å². The summed E-state index contributed by atoms with van der Waals surface area (Å²) in [7, 11) is 0. The van der Waals surface area contributed by atoms with Crippen molar-refractivity contribution in [3.8, 4) is 11.5 Å². The zero-order valence-electron chi connectivity index (χ0n) is 39.6. The molecule has 3 aromatic carbocycles. The monoisotopic (exact) mass is 976 g/mol. The van der Waals surface area contributed by atoms with E-state index in [0.29, 0.717) is 61.8 Å². The van der Waals surface area contributed by atoms with Crippen molar-refractivity contribution in [3.05, 3.63) is 95.6 Å². The number of phenols is 2. The van der Waals surface area contributed by atoms with Gasteiger partial charge in [-0.25, -0.2) is 4.79 Å². The molecule has 0 aliphatic rings. The average Bonchev–Trinajstić information content (AvgIpc) is 3.33. The lowest BCUT2D eigenvalue weighted by molar-refractivity contribution is -0.143. The first kappa shape index (κ1) is 57.2. The molecule has 3 aromatic rings. The first-order valence-electron chi connectivity index (χ1n) is 23.4. The Labute approximate surface area is 407 Å². The predicted molar refractivity (Wildman–Crippen MR) is 258 cm³/mol. The third-order valence-corrected chi connectivity index (χ3v) is 11.6. The van der Waals surface area contributed by atoms with Gasteiger partial charge < -0.3 is 69.5 Å². The summed E-state index contributed by atoms with van der Waals surface area (Å²) in [5, 5.41) is 54.7. The number of nitrogens with two attached hydrogens (primary N) is 3. The number of aliphatic carboxylic acids is 2. The normalized spacial score (nSPS) is 14.5. The van der Waals surface area contributed by atoms with Crippen molar-refractivity contribution < 1.29 is 58.8 Å². The lowest BCUT2D eigenvalue weighted by Gasteiger charge is -2.29. The van der Waals surface area contributed by atoms with Gasteiger partial charge >= 0.3 is 11.9 Å². The number of unbranched alkanes of at least 4 members (excludes halogenated alkanes) is 2. The van der Waals surface area contributed by atoms with Crippen molar-refractivity contribution in [2.24, 2.45) is 23.1 Å². The maximum Gasteiger partial charge on any atom is 0.326 e. The molecule has 6 amide bonds. The fraction of sp³-hybridized carbons (Fsp3) is 0.469. The summed E-state index contributed by atoms with van der Waals surface area (Å²) in [6.45, 7) is 4.27. The molecule has 21 heteroatoms. The lowest BCUT2D eigenvalue weighted by Crippen LogP contribution is -2.61. The molecule has 0 radical (unpaired) electrons. The Morgan fingerprint density at radius 2 is 0.914 bits per heavy atom. The van der Waals surface area contributed by atoms with Gasteiger partial charge in [-0.2, -0.15) is 0 Å². The standard InChI is InChI=1S/C49H69N9O12/c1-3-29(2)42(58-43(63)35(52)13-7-9-23-50)48(68)56-38(25-30-11-5-4-6-12-30)45(65)53-36(14-8-10-24-51)44(64)54-37(26-31-15-19-33(59)20-16-31)46(66)55-39(28-41(61)62)47(67)57-40(49(69)70)27-32-17-21-34(60)22-18-32/h4-6,11-12,15-22,29,35-40,42,59-60H,3,7-10,13-14,23-28,50-52H2,1-2H3,(H,53,65)(H,54,64)(H,55,66)(H,56,68)(H,57,67)(H,58,63)(H,61,62)(H,69,70)/t29-,35-,36-,37-,38-,39-,40-,42-/m0/s1. The van der Waals surface area contributed by atoms with E-state index >= 15 is 0 Å². The summed E-state index contributed by atoms with van der Waals surface area (Å²) in [6.07, 6.45) is 1.29. The quantitative estimate of drug-likeness (QED) is 0.0384. The lowest BCUT2D eigenvalue weighted by atomic mass is 9.96. The predicted octanol–water partition coefficient (Wildman–Crippen LogP) is 0.225. The van der Waals surface area contributed by atoms with Crippen molar-refractivity contribution >= 4 is 47.4 Å². The van der Waals surface area contributed by atoms with Gasteiger partial charge in [-0.15, -0.1) is 0 Å². The molecular weight excluding hydrogens is 907 g/mol. The van der Waals surface area contributed by atoms with Gasteiger partial charge in [0.2, 0.25) is 35.4 Å². The average molecular weight is 976 g/mol. The van der Waals surface area contributed by atoms with Crippen LogP contribution in [0.5, 0.6) is 11.5 Å². The van der Waals surface area contributed by atoms with Gasteiger partial charge in [0.1, 0.15) is 47.8 Å². The number of carbonyl (C=O) groups is 8. The number of nitrogens with one attached hydrogen (secondary N) is 6. The maximum absolute atomic E-state index is 14.4. The molecule has 70 heavy (non-hydrogen) atoms. The maximum atomic E-state index is 14.4. The summed E-state index contributed by atoms with van der Waals surface area (Å²) < 4.78 is 0. The Bertz CT molecular complexity index is 2180. The Morgan fingerprint density at radius 3 is 1.40 bits per heavy atom. The third kappa shape index (κ3) is 19.9. The minimum absolute atomic E-state index is 0.00355. The summed E-state index contributed by atoms with van der Waals surface area (Å²) in [6, 6.07) is 10.2. The summed E-state index contributed by atoms with van der Waals surface area (Å²) >= 11 is 0. The van der Waals surface area contributed by atoms with Crippen molar-refractivity contribution in [3.63, 3.8) is 0 Å². The zero-order valence-corrected chi connectivity index (χ0v) is 39.6. The second-order valence-corrected chi connectivity index (χ2v) is 17.2. The molecule has 3 rings (SSSR count). The highest BCUT2D eigenvalue weighted by atomic mass is 16.4. The van der Waals surface area contributed by atoms with E-state index in [0.717, 1.165) is 0 Å². The van der Waals surface area contributed by atoms with Crippen LogP contribution >= 0.6 is 0 Å². The molecule has 0 saturated carbocycles. The van der Waals surface area contributed by atoms with Gasteiger partial charge in [-0.3, -0.25) is 33.6 Å². The third-order valence-electron chi connectivity index (χ3n) is 11.6. The molecule has 16 N–H and O–H groups in total. The molecule has 0 bridgehead atoms. The number of carboxylic acid groups (broad SMARTS) is 2. The van der Waals surface area contributed by atoms with Crippen LogP contribution in [-0.4, -0.2) is 123 Å². The molecule has 0 fully saturated rings. The van der Waals surface area contributed by atoms with Crippen LogP contribution in [0.1, 0.15) is 81.9 Å². The Morgan fingerprint density at radius 1 is 0.500 bits per heavy atom. The van der Waals surface area contributed by atoms with Gasteiger partial charge in [0.15, 0.2) is 0 Å². The molecule has 0 unspecified atom stereocenters. The number of amides is 6. The van der Waals surface area contributed by atoms with Crippen LogP contribution in [0.15, 0.2) is 78.9 Å². The van der Waals surface area contributed by atoms with Gasteiger partial charge in [-0.05, 0) is 92.1 Å². The minimum Gasteiger partial charge on any atom is -0.508 e. The van der Waals surface area contributed by atoms with E-state index < -0.39 is 102 Å². The van der Waals surface area contributed by atoms with E-state index in [9.17, 15) is 58.8 Å². The SMILES string of the molecule is CC[C@H](C)[C@H](NC(=O)[C@@H](N)CCCCN)C(=O)N[C@@H](Cc1ccccc1)C(=O)N[C@@H](CCCCN)C(=O)N[C@@H](Cc1ccc(O)cc1)C(=O)N[C@@H](CC(=O)O)C(=O)N[C@@H](Cc1ccc(O)cc1)C(=O)O. The van der Waals surface area contributed by atoms with Gasteiger partial charge in [0.25, 0.3) is 0 Å². The first-order valence-corrected chi connectivity index (χ1v) is 23.4. The zero-order chi connectivity index (χ0) is 51.8. The number of rotatable bonds is 31. The highest BCUT2D eigenvalue weighted by Crippen LogP contribution is 2.16. The largest absolute Gasteiger partial charge is 0.508 e. The molecule has 0 aromatic heterocycles. The molecule has 21 nitrogen and oxygen atoms in total. The molecule has 0 heterocycles. The number of hydrogen-bond donors (Lipinski definition) is 13. The fourth-order valence-electron chi connectivity index (χ4n) is 7.30. The highest BCUT2D eigenvalue weighted by Gasteiger charge is 2.35. The van der Waals surface area contributed by atoms with Crippen LogP contribution in [0.3, 0.4) is 0 Å². The number of carbonyl (C=O) groups excluding carboxylic acids is 6. The van der Waals surface area contributed by atoms with E-state index in [1.54, 1.807) is 37.3 Å². The van der Waals surface area contributed by atoms with Crippen molar-refractivity contribution in [2.75, 3.05) is 13.1 Å². The molecule has 0 spiro atoms.